The van der Waals surface area contributed by atoms with E-state index in [0.29, 0.717) is 17.9 Å². The third-order valence-electron chi connectivity index (χ3n) is 4.78. The molecule has 0 bridgehead atoms. The molecule has 20 heavy (non-hydrogen) atoms. The quantitative estimate of drug-likeness (QED) is 0.784. The number of fused-ring (bicyclic) bond motifs is 1. The zero-order valence-corrected chi connectivity index (χ0v) is 12.6. The van der Waals surface area contributed by atoms with Crippen LogP contribution in [0.4, 0.5) is 0 Å². The Morgan fingerprint density at radius 2 is 1.45 bits per heavy atom. The normalized spacial score (nSPS) is 25.5. The largest absolute Gasteiger partial charge is 0.306 e. The molecule has 0 aliphatic heterocycles. The highest BCUT2D eigenvalue weighted by Gasteiger charge is 2.33. The van der Waals surface area contributed by atoms with Gasteiger partial charge < -0.3 is 4.90 Å². The summed E-state index contributed by atoms with van der Waals surface area (Å²) in [6, 6.07) is 20.5. The minimum Gasteiger partial charge on any atom is -0.306 e. The lowest BCUT2D eigenvalue weighted by Crippen LogP contribution is -2.38. The van der Waals surface area contributed by atoms with E-state index in [9.17, 15) is 0 Å². The minimum absolute atomic E-state index is 0.524. The van der Waals surface area contributed by atoms with Crippen LogP contribution in [0.25, 0.3) is 0 Å². The molecule has 1 heteroatoms. The molecule has 2 aromatic carbocycles. The Labute approximate surface area is 122 Å². The zero-order chi connectivity index (χ0) is 14.1. The molecular weight excluding hydrogens is 242 g/mol. The van der Waals surface area contributed by atoms with E-state index in [2.05, 4.69) is 80.5 Å². The summed E-state index contributed by atoms with van der Waals surface area (Å²) in [5.41, 5.74) is 4.48. The number of hydrogen-bond acceptors (Lipinski definition) is 1. The molecule has 3 atom stereocenters. The van der Waals surface area contributed by atoms with Crippen molar-refractivity contribution in [1.82, 2.24) is 4.90 Å². The molecule has 1 aliphatic carbocycles. The SMILES string of the molecule is CC1c2ccccc2[C@@H](c2ccccc2)C[C@@H]1N(C)C. The Balaban J connectivity index is 2.08. The van der Waals surface area contributed by atoms with E-state index < -0.39 is 0 Å². The maximum atomic E-state index is 2.39. The standard InChI is InChI=1S/C19H23N/c1-14-16-11-7-8-12-17(16)18(13-19(14)20(2)3)15-9-5-4-6-10-15/h4-12,14,18-19H,13H2,1-3H3/t14?,18-,19+/m1/s1. The Hall–Kier alpha value is -1.60. The van der Waals surface area contributed by atoms with E-state index >= 15 is 0 Å². The maximum absolute atomic E-state index is 2.39. The first-order valence-electron chi connectivity index (χ1n) is 7.48. The van der Waals surface area contributed by atoms with Crippen LogP contribution in [0.15, 0.2) is 54.6 Å². The average Bonchev–Trinajstić information content (AvgIpc) is 2.48. The molecule has 1 nitrogen and oxygen atoms in total. The van der Waals surface area contributed by atoms with E-state index in [1.54, 1.807) is 0 Å². The first kappa shape index (κ1) is 13.4. The van der Waals surface area contributed by atoms with Crippen molar-refractivity contribution in [3.8, 4) is 0 Å². The highest BCUT2D eigenvalue weighted by molar-refractivity contribution is 5.43. The van der Waals surface area contributed by atoms with Crippen LogP contribution in [0, 0.1) is 0 Å². The molecular formula is C19H23N. The molecule has 0 saturated heterocycles. The van der Waals surface area contributed by atoms with Crippen LogP contribution in [0.3, 0.4) is 0 Å². The lowest BCUT2D eigenvalue weighted by molar-refractivity contribution is 0.228. The Morgan fingerprint density at radius 1 is 0.850 bits per heavy atom. The second kappa shape index (κ2) is 5.41. The topological polar surface area (TPSA) is 3.24 Å². The van der Waals surface area contributed by atoms with E-state index in [1.165, 1.54) is 23.1 Å². The number of likely N-dealkylation sites (N-methyl/N-ethyl adjacent to an activating group) is 1. The predicted octanol–water partition coefficient (Wildman–Crippen LogP) is 4.26. The van der Waals surface area contributed by atoms with Crippen LogP contribution in [-0.2, 0) is 0 Å². The summed E-state index contributed by atoms with van der Waals surface area (Å²) < 4.78 is 0. The summed E-state index contributed by atoms with van der Waals surface area (Å²) in [7, 11) is 4.41. The summed E-state index contributed by atoms with van der Waals surface area (Å²) >= 11 is 0. The van der Waals surface area contributed by atoms with Gasteiger partial charge in [0.2, 0.25) is 0 Å². The minimum atomic E-state index is 0.524. The number of nitrogens with zero attached hydrogens (tertiary/aromatic N) is 1. The molecule has 0 fully saturated rings. The van der Waals surface area contributed by atoms with Crippen LogP contribution in [0.2, 0.25) is 0 Å². The summed E-state index contributed by atoms with van der Waals surface area (Å²) in [6.07, 6.45) is 1.20. The highest BCUT2D eigenvalue weighted by atomic mass is 15.1. The van der Waals surface area contributed by atoms with Crippen LogP contribution in [-0.4, -0.2) is 25.0 Å². The van der Waals surface area contributed by atoms with Crippen molar-refractivity contribution in [3.63, 3.8) is 0 Å². The van der Waals surface area contributed by atoms with Crippen molar-refractivity contribution < 1.29 is 0 Å². The molecule has 0 amide bonds. The fourth-order valence-corrected chi connectivity index (χ4v) is 3.68. The molecule has 0 spiro atoms. The molecule has 0 N–H and O–H groups in total. The summed E-state index contributed by atoms with van der Waals surface area (Å²) in [6.45, 7) is 2.37. The lowest BCUT2D eigenvalue weighted by atomic mass is 9.71. The summed E-state index contributed by atoms with van der Waals surface area (Å²) in [5.74, 6) is 1.12. The van der Waals surface area contributed by atoms with Gasteiger partial charge in [-0.05, 0) is 43.1 Å². The second-order valence-corrected chi connectivity index (χ2v) is 6.15. The van der Waals surface area contributed by atoms with Gasteiger partial charge >= 0.3 is 0 Å². The first-order valence-corrected chi connectivity index (χ1v) is 7.48. The van der Waals surface area contributed by atoms with Gasteiger partial charge in [-0.1, -0.05) is 61.5 Å². The smallest absolute Gasteiger partial charge is 0.0164 e. The van der Waals surface area contributed by atoms with Crippen LogP contribution >= 0.6 is 0 Å². The van der Waals surface area contributed by atoms with E-state index in [-0.39, 0.29) is 0 Å². The predicted molar refractivity (Wildman–Crippen MR) is 85.2 cm³/mol. The van der Waals surface area contributed by atoms with Crippen molar-refractivity contribution in [2.24, 2.45) is 0 Å². The molecule has 1 aliphatic rings. The van der Waals surface area contributed by atoms with Gasteiger partial charge in [0.05, 0.1) is 0 Å². The summed E-state index contributed by atoms with van der Waals surface area (Å²) in [5, 5.41) is 0. The molecule has 3 rings (SSSR count). The molecule has 0 saturated carbocycles. The lowest BCUT2D eigenvalue weighted by Gasteiger charge is -2.40. The van der Waals surface area contributed by atoms with Crippen molar-refractivity contribution in [3.05, 3.63) is 71.3 Å². The van der Waals surface area contributed by atoms with Gasteiger partial charge in [-0.15, -0.1) is 0 Å². The third kappa shape index (κ3) is 2.27. The van der Waals surface area contributed by atoms with Crippen molar-refractivity contribution in [2.75, 3.05) is 14.1 Å². The molecule has 2 aromatic rings. The van der Waals surface area contributed by atoms with E-state index in [1.807, 2.05) is 0 Å². The highest BCUT2D eigenvalue weighted by Crippen LogP contribution is 2.43. The van der Waals surface area contributed by atoms with Gasteiger partial charge in [-0.25, -0.2) is 0 Å². The zero-order valence-electron chi connectivity index (χ0n) is 12.6. The Bertz CT molecular complexity index is 573. The Morgan fingerprint density at radius 3 is 2.10 bits per heavy atom. The second-order valence-electron chi connectivity index (χ2n) is 6.15. The van der Waals surface area contributed by atoms with Crippen molar-refractivity contribution >= 4 is 0 Å². The van der Waals surface area contributed by atoms with E-state index in [0.717, 1.165) is 0 Å². The van der Waals surface area contributed by atoms with Crippen LogP contribution in [0.1, 0.15) is 41.9 Å². The van der Waals surface area contributed by atoms with Gasteiger partial charge in [-0.2, -0.15) is 0 Å². The third-order valence-corrected chi connectivity index (χ3v) is 4.78. The number of benzene rings is 2. The van der Waals surface area contributed by atoms with Gasteiger partial charge in [-0.3, -0.25) is 0 Å². The fraction of sp³-hybridized carbons (Fsp3) is 0.368. The molecule has 0 heterocycles. The van der Waals surface area contributed by atoms with Crippen molar-refractivity contribution in [1.29, 1.82) is 0 Å². The fourth-order valence-electron chi connectivity index (χ4n) is 3.68. The van der Waals surface area contributed by atoms with Gasteiger partial charge in [0, 0.05) is 12.0 Å². The number of hydrogen-bond donors (Lipinski definition) is 0. The molecule has 0 radical (unpaired) electrons. The van der Waals surface area contributed by atoms with Gasteiger partial charge in [0.15, 0.2) is 0 Å². The first-order chi connectivity index (χ1) is 9.68. The monoisotopic (exact) mass is 265 g/mol. The van der Waals surface area contributed by atoms with Crippen LogP contribution < -0.4 is 0 Å². The van der Waals surface area contributed by atoms with Crippen molar-refractivity contribution in [2.45, 2.75) is 31.2 Å². The maximum Gasteiger partial charge on any atom is 0.0164 e. The summed E-state index contributed by atoms with van der Waals surface area (Å²) in [4.78, 5) is 2.39. The van der Waals surface area contributed by atoms with Gasteiger partial charge in [0.1, 0.15) is 0 Å². The van der Waals surface area contributed by atoms with Crippen LogP contribution in [0.5, 0.6) is 0 Å². The molecule has 0 aromatic heterocycles. The Kier molecular flexibility index (Phi) is 3.62. The average molecular weight is 265 g/mol. The molecule has 1 unspecified atom stereocenters. The molecule has 104 valence electrons. The van der Waals surface area contributed by atoms with E-state index in [4.69, 9.17) is 0 Å². The number of rotatable bonds is 2. The van der Waals surface area contributed by atoms with Gasteiger partial charge in [0.25, 0.3) is 0 Å².